The molecule has 0 aliphatic carbocycles. The molecule has 0 aromatic heterocycles. The summed E-state index contributed by atoms with van der Waals surface area (Å²) in [7, 11) is 0. The van der Waals surface area contributed by atoms with E-state index in [2.05, 4.69) is 11.4 Å². The zero-order valence-electron chi connectivity index (χ0n) is 14.1. The van der Waals surface area contributed by atoms with Crippen molar-refractivity contribution in [3.05, 3.63) is 53.1 Å². The minimum Gasteiger partial charge on any atom is -0.483 e. The molecular formula is C19H17ClN2O3S. The largest absolute Gasteiger partial charge is 0.483 e. The highest BCUT2D eigenvalue weighted by atomic mass is 35.5. The third-order valence-corrected chi connectivity index (χ3v) is 4.55. The number of ketones is 1. The fourth-order valence-electron chi connectivity index (χ4n) is 2.17. The van der Waals surface area contributed by atoms with E-state index >= 15 is 0 Å². The smallest absolute Gasteiger partial charge is 0.262 e. The Labute approximate surface area is 161 Å². The van der Waals surface area contributed by atoms with Crippen LogP contribution in [-0.2, 0) is 4.79 Å². The molecule has 0 saturated heterocycles. The van der Waals surface area contributed by atoms with Gasteiger partial charge in [-0.3, -0.25) is 9.59 Å². The van der Waals surface area contributed by atoms with Crippen molar-refractivity contribution in [1.82, 2.24) is 0 Å². The van der Waals surface area contributed by atoms with Gasteiger partial charge in [0, 0.05) is 16.3 Å². The number of Topliss-reactive ketones (excluding diaryl/α,β-unsaturated/α-hetero) is 1. The van der Waals surface area contributed by atoms with E-state index in [-0.39, 0.29) is 24.1 Å². The fourth-order valence-corrected chi connectivity index (χ4v) is 3.01. The number of nitriles is 1. The molecule has 0 spiro atoms. The van der Waals surface area contributed by atoms with Crippen molar-refractivity contribution < 1.29 is 14.3 Å². The van der Waals surface area contributed by atoms with Crippen molar-refractivity contribution in [2.45, 2.75) is 18.2 Å². The maximum Gasteiger partial charge on any atom is 0.262 e. The number of benzene rings is 2. The first kappa shape index (κ1) is 19.8. The first-order valence-corrected chi connectivity index (χ1v) is 9.25. The van der Waals surface area contributed by atoms with Crippen LogP contribution in [0.2, 0.25) is 5.02 Å². The highest BCUT2D eigenvalue weighted by molar-refractivity contribution is 7.99. The lowest BCUT2D eigenvalue weighted by Crippen LogP contribution is -2.21. The number of thioether (sulfide) groups is 1. The lowest BCUT2D eigenvalue weighted by molar-refractivity contribution is -0.118. The molecule has 134 valence electrons. The van der Waals surface area contributed by atoms with Gasteiger partial charge < -0.3 is 10.1 Å². The van der Waals surface area contributed by atoms with E-state index < -0.39 is 0 Å². The van der Waals surface area contributed by atoms with E-state index in [9.17, 15) is 9.59 Å². The van der Waals surface area contributed by atoms with Crippen LogP contribution in [0.5, 0.6) is 5.75 Å². The van der Waals surface area contributed by atoms with Gasteiger partial charge in [-0.2, -0.15) is 5.26 Å². The van der Waals surface area contributed by atoms with Crippen LogP contribution in [0.1, 0.15) is 23.7 Å². The molecule has 2 aromatic carbocycles. The summed E-state index contributed by atoms with van der Waals surface area (Å²) in [5.41, 5.74) is 0.972. The highest BCUT2D eigenvalue weighted by Crippen LogP contribution is 2.27. The Bertz CT molecular complexity index is 849. The summed E-state index contributed by atoms with van der Waals surface area (Å²) in [5, 5.41) is 11.9. The zero-order chi connectivity index (χ0) is 18.9. The summed E-state index contributed by atoms with van der Waals surface area (Å²) in [5.74, 6) is 0.140. The molecule has 0 bridgehead atoms. The molecule has 7 heteroatoms. The van der Waals surface area contributed by atoms with E-state index in [4.69, 9.17) is 21.6 Å². The van der Waals surface area contributed by atoms with Gasteiger partial charge in [-0.25, -0.2) is 0 Å². The molecular weight excluding hydrogens is 372 g/mol. The molecule has 0 heterocycles. The topological polar surface area (TPSA) is 79.2 Å². The van der Waals surface area contributed by atoms with Crippen molar-refractivity contribution in [2.24, 2.45) is 0 Å². The predicted molar refractivity (Wildman–Crippen MR) is 103 cm³/mol. The highest BCUT2D eigenvalue weighted by Gasteiger charge is 2.14. The Hall–Kier alpha value is -2.49. The average molecular weight is 389 g/mol. The molecule has 0 unspecified atom stereocenters. The van der Waals surface area contributed by atoms with Crippen molar-refractivity contribution in [2.75, 3.05) is 17.7 Å². The van der Waals surface area contributed by atoms with E-state index in [1.807, 2.05) is 12.1 Å². The van der Waals surface area contributed by atoms with Gasteiger partial charge in [-0.05, 0) is 30.3 Å². The molecule has 0 fully saturated rings. The van der Waals surface area contributed by atoms with Gasteiger partial charge >= 0.3 is 0 Å². The van der Waals surface area contributed by atoms with Crippen LogP contribution >= 0.6 is 23.4 Å². The van der Waals surface area contributed by atoms with E-state index in [1.165, 1.54) is 17.8 Å². The van der Waals surface area contributed by atoms with Gasteiger partial charge in [-0.15, -0.1) is 11.8 Å². The van der Waals surface area contributed by atoms with Gasteiger partial charge in [0.25, 0.3) is 5.91 Å². The Morgan fingerprint density at radius 2 is 2.04 bits per heavy atom. The normalized spacial score (nSPS) is 10.0. The summed E-state index contributed by atoms with van der Waals surface area (Å²) in [6.45, 7) is 1.50. The standard InChI is InChI=1S/C19H17ClN2O3S/c1-2-16(23)14-11-13(20)7-8-17(14)25-12-19(24)22-15-5-3-4-6-18(15)26-10-9-21/h3-8,11H,2,10,12H2,1H3,(H,22,24). The maximum absolute atomic E-state index is 12.2. The van der Waals surface area contributed by atoms with Crippen LogP contribution in [0.15, 0.2) is 47.4 Å². The van der Waals surface area contributed by atoms with Crippen molar-refractivity contribution in [1.29, 1.82) is 5.26 Å². The van der Waals surface area contributed by atoms with Crippen LogP contribution in [0.4, 0.5) is 5.69 Å². The molecule has 1 N–H and O–H groups in total. The number of rotatable bonds is 8. The number of ether oxygens (including phenoxy) is 1. The average Bonchev–Trinajstić information content (AvgIpc) is 2.65. The van der Waals surface area contributed by atoms with Gasteiger partial charge in [0.15, 0.2) is 12.4 Å². The third-order valence-electron chi connectivity index (χ3n) is 3.38. The maximum atomic E-state index is 12.2. The van der Waals surface area contributed by atoms with Gasteiger partial charge in [0.05, 0.1) is 23.1 Å². The van der Waals surface area contributed by atoms with E-state index in [0.29, 0.717) is 28.4 Å². The van der Waals surface area contributed by atoms with Crippen LogP contribution in [0.3, 0.4) is 0 Å². The van der Waals surface area contributed by atoms with Crippen LogP contribution in [-0.4, -0.2) is 24.1 Å². The minimum atomic E-state index is -0.361. The molecule has 0 saturated carbocycles. The monoisotopic (exact) mass is 388 g/mol. The summed E-state index contributed by atoms with van der Waals surface area (Å²) >= 11 is 7.27. The molecule has 2 aromatic rings. The first-order valence-electron chi connectivity index (χ1n) is 7.89. The lowest BCUT2D eigenvalue weighted by atomic mass is 10.1. The van der Waals surface area contributed by atoms with Crippen molar-refractivity contribution >= 4 is 40.7 Å². The number of halogens is 1. The second-order valence-corrected chi connectivity index (χ2v) is 6.65. The van der Waals surface area contributed by atoms with Gasteiger partial charge in [0.1, 0.15) is 5.75 Å². The SMILES string of the molecule is CCC(=O)c1cc(Cl)ccc1OCC(=O)Nc1ccccc1SCC#N. The number of hydrogen-bond donors (Lipinski definition) is 1. The fraction of sp³-hybridized carbons (Fsp3) is 0.211. The second-order valence-electron chi connectivity index (χ2n) is 5.20. The Morgan fingerprint density at radius 3 is 2.77 bits per heavy atom. The Kier molecular flexibility index (Phi) is 7.52. The summed E-state index contributed by atoms with van der Waals surface area (Å²) in [6.07, 6.45) is 0.312. The van der Waals surface area contributed by atoms with E-state index in [0.717, 1.165) is 4.90 Å². The van der Waals surface area contributed by atoms with Crippen LogP contribution in [0.25, 0.3) is 0 Å². The summed E-state index contributed by atoms with van der Waals surface area (Å²) in [4.78, 5) is 25.0. The molecule has 2 rings (SSSR count). The quantitative estimate of drug-likeness (QED) is 0.529. The number of anilines is 1. The molecule has 0 aliphatic heterocycles. The number of carbonyl (C=O) groups is 2. The van der Waals surface area contributed by atoms with Gasteiger partial charge in [0.2, 0.25) is 0 Å². The molecule has 1 amide bonds. The van der Waals surface area contributed by atoms with Crippen molar-refractivity contribution in [3.8, 4) is 11.8 Å². The summed E-state index contributed by atoms with van der Waals surface area (Å²) in [6, 6.07) is 14.0. The number of hydrogen-bond acceptors (Lipinski definition) is 5. The van der Waals surface area contributed by atoms with Crippen molar-refractivity contribution in [3.63, 3.8) is 0 Å². The lowest BCUT2D eigenvalue weighted by Gasteiger charge is -2.12. The molecule has 26 heavy (non-hydrogen) atoms. The Balaban J connectivity index is 2.04. The number of para-hydroxylation sites is 1. The van der Waals surface area contributed by atoms with Crippen LogP contribution < -0.4 is 10.1 Å². The second kappa shape index (κ2) is 9.85. The number of carbonyl (C=O) groups excluding carboxylic acids is 2. The number of nitrogens with one attached hydrogen (secondary N) is 1. The number of amides is 1. The first-order chi connectivity index (χ1) is 12.5. The zero-order valence-corrected chi connectivity index (χ0v) is 15.7. The third kappa shape index (κ3) is 5.51. The van der Waals surface area contributed by atoms with Gasteiger partial charge in [-0.1, -0.05) is 30.7 Å². The Morgan fingerprint density at radius 1 is 1.27 bits per heavy atom. The summed E-state index contributed by atoms with van der Waals surface area (Å²) < 4.78 is 5.52. The minimum absolute atomic E-state index is 0.110. The van der Waals surface area contributed by atoms with E-state index in [1.54, 1.807) is 31.2 Å². The van der Waals surface area contributed by atoms with Crippen LogP contribution in [0, 0.1) is 11.3 Å². The number of nitrogens with zero attached hydrogens (tertiary/aromatic N) is 1. The molecule has 0 aliphatic rings. The molecule has 0 radical (unpaired) electrons. The molecule has 0 atom stereocenters. The molecule has 5 nitrogen and oxygen atoms in total. The predicted octanol–water partition coefficient (Wildman–Crippen LogP) is 4.57.